The Labute approximate surface area is 119 Å². The summed E-state index contributed by atoms with van der Waals surface area (Å²) in [5, 5.41) is 14.3. The number of aromatic nitrogens is 3. The lowest BCUT2D eigenvalue weighted by Crippen LogP contribution is -2.49. The van der Waals surface area contributed by atoms with Gasteiger partial charge in [-0.25, -0.2) is 4.68 Å². The van der Waals surface area contributed by atoms with E-state index in [0.29, 0.717) is 7.48 Å². The molecule has 0 aromatic carbocycles. The SMILES string of the molecule is CC(C)(O)C(C)(C)OBc1cnn(-c2cccnc2)c1. The number of hydrogen-bond acceptors (Lipinski definition) is 4. The van der Waals surface area contributed by atoms with Crippen LogP contribution >= 0.6 is 0 Å². The van der Waals surface area contributed by atoms with Crippen molar-refractivity contribution in [3.8, 4) is 5.69 Å². The molecule has 20 heavy (non-hydrogen) atoms. The van der Waals surface area contributed by atoms with E-state index in [1.54, 1.807) is 37.1 Å². The van der Waals surface area contributed by atoms with Crippen LogP contribution in [0.15, 0.2) is 36.9 Å². The van der Waals surface area contributed by atoms with E-state index in [9.17, 15) is 5.11 Å². The second kappa shape index (κ2) is 5.38. The standard InChI is InChI=1S/C14H20BN3O2/c1-13(2,19)14(3,4)20-15-11-8-17-18(10-11)12-6-5-7-16-9-12/h5-10,15,19H,1-4H3. The third-order valence-corrected chi connectivity index (χ3v) is 3.62. The molecule has 2 rings (SSSR count). The van der Waals surface area contributed by atoms with Crippen LogP contribution in [0.4, 0.5) is 0 Å². The van der Waals surface area contributed by atoms with E-state index < -0.39 is 11.2 Å². The molecular weight excluding hydrogens is 253 g/mol. The molecular formula is C14H20BN3O2. The van der Waals surface area contributed by atoms with Gasteiger partial charge in [0.2, 0.25) is 0 Å². The van der Waals surface area contributed by atoms with Gasteiger partial charge in [-0.3, -0.25) is 4.98 Å². The molecule has 0 amide bonds. The highest BCUT2D eigenvalue weighted by atomic mass is 16.5. The summed E-state index contributed by atoms with van der Waals surface area (Å²) in [6.07, 6.45) is 7.13. The zero-order valence-electron chi connectivity index (χ0n) is 12.4. The fourth-order valence-electron chi connectivity index (χ4n) is 1.51. The molecule has 0 radical (unpaired) electrons. The zero-order chi connectivity index (χ0) is 14.8. The van der Waals surface area contributed by atoms with Crippen molar-refractivity contribution >= 4 is 12.9 Å². The number of nitrogens with zero attached hydrogens (tertiary/aromatic N) is 3. The average Bonchev–Trinajstić information content (AvgIpc) is 2.85. The Morgan fingerprint density at radius 3 is 2.60 bits per heavy atom. The van der Waals surface area contributed by atoms with Crippen LogP contribution in [0.5, 0.6) is 0 Å². The van der Waals surface area contributed by atoms with Crippen molar-refractivity contribution in [3.05, 3.63) is 36.9 Å². The highest BCUT2D eigenvalue weighted by molar-refractivity contribution is 6.46. The highest BCUT2D eigenvalue weighted by Crippen LogP contribution is 2.24. The average molecular weight is 273 g/mol. The van der Waals surface area contributed by atoms with Gasteiger partial charge in [-0.15, -0.1) is 0 Å². The second-order valence-corrected chi connectivity index (χ2v) is 5.86. The minimum Gasteiger partial charge on any atom is -0.427 e. The topological polar surface area (TPSA) is 60.2 Å². The molecule has 2 aromatic heterocycles. The van der Waals surface area contributed by atoms with Crippen molar-refractivity contribution < 1.29 is 9.76 Å². The van der Waals surface area contributed by atoms with Crippen LogP contribution in [0.2, 0.25) is 0 Å². The predicted molar refractivity (Wildman–Crippen MR) is 79.6 cm³/mol. The van der Waals surface area contributed by atoms with Gasteiger partial charge in [0.1, 0.15) is 0 Å². The van der Waals surface area contributed by atoms with Crippen molar-refractivity contribution in [3.63, 3.8) is 0 Å². The lowest BCUT2D eigenvalue weighted by atomic mass is 9.84. The van der Waals surface area contributed by atoms with E-state index in [1.807, 2.05) is 32.2 Å². The summed E-state index contributed by atoms with van der Waals surface area (Å²) in [5.74, 6) is 0. The molecule has 0 saturated heterocycles. The Morgan fingerprint density at radius 1 is 1.25 bits per heavy atom. The summed E-state index contributed by atoms with van der Waals surface area (Å²) < 4.78 is 7.56. The van der Waals surface area contributed by atoms with Crippen molar-refractivity contribution in [1.82, 2.24) is 14.8 Å². The number of hydrogen-bond donors (Lipinski definition) is 1. The zero-order valence-corrected chi connectivity index (χ0v) is 12.4. The Morgan fingerprint density at radius 2 is 2.00 bits per heavy atom. The third-order valence-electron chi connectivity index (χ3n) is 3.62. The molecule has 0 bridgehead atoms. The number of aliphatic hydroxyl groups is 1. The molecule has 1 N–H and O–H groups in total. The lowest BCUT2D eigenvalue weighted by Gasteiger charge is -2.37. The molecule has 0 aliphatic rings. The first-order chi connectivity index (χ1) is 9.29. The van der Waals surface area contributed by atoms with Gasteiger partial charge in [-0.05, 0) is 45.3 Å². The summed E-state index contributed by atoms with van der Waals surface area (Å²) in [6, 6.07) is 3.80. The van der Waals surface area contributed by atoms with Crippen LogP contribution < -0.4 is 5.46 Å². The van der Waals surface area contributed by atoms with Crippen molar-refractivity contribution in [1.29, 1.82) is 0 Å². The van der Waals surface area contributed by atoms with Crippen LogP contribution in [0.3, 0.4) is 0 Å². The van der Waals surface area contributed by atoms with Crippen LogP contribution in [0, 0.1) is 0 Å². The summed E-state index contributed by atoms with van der Waals surface area (Å²) in [5.41, 5.74) is 0.308. The van der Waals surface area contributed by atoms with Gasteiger partial charge in [0, 0.05) is 18.6 Å². The molecule has 106 valence electrons. The van der Waals surface area contributed by atoms with Crippen LogP contribution in [-0.2, 0) is 4.65 Å². The van der Waals surface area contributed by atoms with Gasteiger partial charge in [0.25, 0.3) is 0 Å². The van der Waals surface area contributed by atoms with Crippen molar-refractivity contribution in [2.75, 3.05) is 0 Å². The van der Waals surface area contributed by atoms with Crippen molar-refractivity contribution in [2.45, 2.75) is 38.9 Å². The molecule has 0 spiro atoms. The van der Waals surface area contributed by atoms with E-state index in [-0.39, 0.29) is 0 Å². The van der Waals surface area contributed by atoms with E-state index in [4.69, 9.17) is 4.65 Å². The normalized spacial score (nSPS) is 12.4. The Balaban J connectivity index is 2.04. The monoisotopic (exact) mass is 273 g/mol. The smallest absolute Gasteiger partial charge is 0.312 e. The molecule has 6 heteroatoms. The molecule has 0 aliphatic carbocycles. The highest BCUT2D eigenvalue weighted by Gasteiger charge is 2.35. The van der Waals surface area contributed by atoms with Gasteiger partial charge in [-0.2, -0.15) is 5.10 Å². The third kappa shape index (κ3) is 3.26. The maximum absolute atomic E-state index is 10.1. The molecule has 2 aromatic rings. The quantitative estimate of drug-likeness (QED) is 0.819. The van der Waals surface area contributed by atoms with Crippen LogP contribution in [0.1, 0.15) is 27.7 Å². The summed E-state index contributed by atoms with van der Waals surface area (Å²) in [7, 11) is 0.400. The number of pyridine rings is 1. The Bertz CT molecular complexity index is 561. The minimum absolute atomic E-state index is 0.400. The van der Waals surface area contributed by atoms with Gasteiger partial charge < -0.3 is 9.76 Å². The molecule has 5 nitrogen and oxygen atoms in total. The fraction of sp³-hybridized carbons (Fsp3) is 0.429. The molecule has 0 aliphatic heterocycles. The fourth-order valence-corrected chi connectivity index (χ4v) is 1.51. The molecule has 2 heterocycles. The van der Waals surface area contributed by atoms with Gasteiger partial charge in [0.15, 0.2) is 0 Å². The maximum atomic E-state index is 10.1. The first-order valence-corrected chi connectivity index (χ1v) is 6.60. The van der Waals surface area contributed by atoms with E-state index in [0.717, 1.165) is 11.2 Å². The van der Waals surface area contributed by atoms with Gasteiger partial charge in [-0.1, -0.05) is 0 Å². The Hall–Kier alpha value is -1.66. The predicted octanol–water partition coefficient (Wildman–Crippen LogP) is 0.810. The van der Waals surface area contributed by atoms with E-state index in [1.165, 1.54) is 0 Å². The first-order valence-electron chi connectivity index (χ1n) is 6.60. The van der Waals surface area contributed by atoms with Crippen LogP contribution in [-0.4, -0.2) is 38.6 Å². The van der Waals surface area contributed by atoms with Crippen LogP contribution in [0.25, 0.3) is 5.69 Å². The van der Waals surface area contributed by atoms with E-state index >= 15 is 0 Å². The molecule has 0 unspecified atom stereocenters. The first kappa shape index (κ1) is 14.7. The minimum atomic E-state index is -0.910. The Kier molecular flexibility index (Phi) is 3.97. The molecule has 0 fully saturated rings. The summed E-state index contributed by atoms with van der Waals surface area (Å²) in [6.45, 7) is 7.23. The van der Waals surface area contributed by atoms with Gasteiger partial charge >= 0.3 is 7.48 Å². The lowest BCUT2D eigenvalue weighted by molar-refractivity contribution is -0.0893. The molecule has 0 atom stereocenters. The summed E-state index contributed by atoms with van der Waals surface area (Å²) in [4.78, 5) is 4.06. The maximum Gasteiger partial charge on any atom is 0.312 e. The molecule has 0 saturated carbocycles. The van der Waals surface area contributed by atoms with Crippen molar-refractivity contribution in [2.24, 2.45) is 0 Å². The van der Waals surface area contributed by atoms with E-state index in [2.05, 4.69) is 10.1 Å². The number of rotatable bonds is 5. The summed E-state index contributed by atoms with van der Waals surface area (Å²) >= 11 is 0. The van der Waals surface area contributed by atoms with Gasteiger partial charge in [0.05, 0.1) is 23.1 Å². The largest absolute Gasteiger partial charge is 0.427 e. The second-order valence-electron chi connectivity index (χ2n) is 5.86.